The van der Waals surface area contributed by atoms with Crippen LogP contribution >= 0.6 is 0 Å². The molecule has 1 fully saturated rings. The Bertz CT molecular complexity index is 1560. The Balaban J connectivity index is 1.60. The van der Waals surface area contributed by atoms with Gasteiger partial charge in [0.1, 0.15) is 5.82 Å². The summed E-state index contributed by atoms with van der Waals surface area (Å²) in [6.07, 6.45) is -8.11. The second-order valence-corrected chi connectivity index (χ2v) is 10.6. The van der Waals surface area contributed by atoms with Crippen molar-refractivity contribution in [1.82, 2.24) is 35.0 Å². The topological polar surface area (TPSA) is 90.0 Å². The van der Waals surface area contributed by atoms with Gasteiger partial charge in [0.25, 0.3) is 5.95 Å². The molecule has 1 aliphatic heterocycles. The largest absolute Gasteiger partial charge is 0.416 e. The average Bonchev–Trinajstić information content (AvgIpc) is 3.67. The molecule has 232 valence electrons. The van der Waals surface area contributed by atoms with Crippen LogP contribution in [0.15, 0.2) is 24.3 Å². The summed E-state index contributed by atoms with van der Waals surface area (Å²) in [5, 5.41) is 17.3. The number of alkyl halides is 6. The number of halogens is 6. The minimum atomic E-state index is -4.98. The van der Waals surface area contributed by atoms with Crippen LogP contribution in [0, 0.1) is 6.92 Å². The van der Waals surface area contributed by atoms with Crippen LogP contribution in [0.5, 0.6) is 0 Å². The molecule has 3 aromatic heterocycles. The van der Waals surface area contributed by atoms with E-state index in [2.05, 4.69) is 25.4 Å². The number of anilines is 2. The Labute approximate surface area is 243 Å². The Hall–Kier alpha value is -3.95. The first-order valence-corrected chi connectivity index (χ1v) is 13.7. The second-order valence-electron chi connectivity index (χ2n) is 10.6. The van der Waals surface area contributed by atoms with Crippen molar-refractivity contribution in [2.24, 2.45) is 14.1 Å². The van der Waals surface area contributed by atoms with Gasteiger partial charge in [-0.25, -0.2) is 4.98 Å². The van der Waals surface area contributed by atoms with Crippen molar-refractivity contribution in [3.8, 4) is 0 Å². The van der Waals surface area contributed by atoms with Crippen LogP contribution in [0.3, 0.4) is 0 Å². The first-order valence-electron chi connectivity index (χ1n) is 13.7. The minimum Gasteiger partial charge on any atom is -0.376 e. The van der Waals surface area contributed by atoms with Crippen molar-refractivity contribution in [3.63, 3.8) is 0 Å². The SMILES string of the molecule is CCN(C[C@H]1CCCO1)c1nc2c(cc1CN(Cc1cc(C(F)(F)F)cc(C(F)(F)F)c1)c1nnn(C)n1)c(C)nn2C. The molecule has 0 aliphatic carbocycles. The molecule has 0 bridgehead atoms. The molecule has 0 amide bonds. The predicted octanol–water partition coefficient (Wildman–Crippen LogP) is 5.05. The summed E-state index contributed by atoms with van der Waals surface area (Å²) >= 11 is 0. The van der Waals surface area contributed by atoms with E-state index in [1.165, 1.54) is 16.7 Å². The zero-order chi connectivity index (χ0) is 31.1. The lowest BCUT2D eigenvalue weighted by Crippen LogP contribution is -2.34. The minimum absolute atomic E-state index is 0.00206. The van der Waals surface area contributed by atoms with Crippen molar-refractivity contribution in [2.75, 3.05) is 29.5 Å². The van der Waals surface area contributed by atoms with Gasteiger partial charge in [-0.1, -0.05) is 5.10 Å². The molecular weight excluding hydrogens is 580 g/mol. The summed E-state index contributed by atoms with van der Waals surface area (Å²) in [7, 11) is 3.29. The number of likely N-dealkylation sites (N-methyl/N-ethyl adjacent to an activating group) is 1. The van der Waals surface area contributed by atoms with Gasteiger partial charge >= 0.3 is 12.4 Å². The number of pyridine rings is 1. The van der Waals surface area contributed by atoms with Crippen LogP contribution in [0.1, 0.15) is 47.7 Å². The monoisotopic (exact) mass is 611 g/mol. The molecule has 1 saturated heterocycles. The number of hydrogen-bond acceptors (Lipinski definition) is 8. The number of benzene rings is 1. The number of aryl methyl sites for hydroxylation is 3. The first-order chi connectivity index (χ1) is 20.2. The van der Waals surface area contributed by atoms with Gasteiger partial charge in [0.15, 0.2) is 5.65 Å². The number of rotatable bonds is 9. The van der Waals surface area contributed by atoms with Crippen LogP contribution < -0.4 is 9.80 Å². The Kier molecular flexibility index (Phi) is 8.24. The van der Waals surface area contributed by atoms with E-state index in [0.29, 0.717) is 48.9 Å². The summed E-state index contributed by atoms with van der Waals surface area (Å²) < 4.78 is 89.3. The lowest BCUT2D eigenvalue weighted by molar-refractivity contribution is -0.143. The van der Waals surface area contributed by atoms with Gasteiger partial charge in [-0.3, -0.25) is 4.68 Å². The molecule has 4 heterocycles. The maximum atomic E-state index is 13.6. The van der Waals surface area contributed by atoms with Gasteiger partial charge in [-0.15, -0.1) is 5.10 Å². The third-order valence-electron chi connectivity index (χ3n) is 7.35. The fourth-order valence-electron chi connectivity index (χ4n) is 5.30. The first kappa shape index (κ1) is 30.5. The quantitative estimate of drug-likeness (QED) is 0.243. The summed E-state index contributed by atoms with van der Waals surface area (Å²) in [4.78, 5) is 9.65. The molecule has 10 nitrogen and oxygen atoms in total. The molecule has 5 rings (SSSR count). The highest BCUT2D eigenvalue weighted by Gasteiger charge is 2.37. The van der Waals surface area contributed by atoms with Crippen LogP contribution in [0.2, 0.25) is 0 Å². The second kappa shape index (κ2) is 11.6. The summed E-state index contributed by atoms with van der Waals surface area (Å²) in [5.74, 6) is 0.631. The Morgan fingerprint density at radius 2 is 1.65 bits per heavy atom. The van der Waals surface area contributed by atoms with Gasteiger partial charge in [-0.2, -0.15) is 36.2 Å². The van der Waals surface area contributed by atoms with E-state index in [4.69, 9.17) is 9.72 Å². The number of nitrogens with zero attached hydrogens (tertiary/aromatic N) is 9. The number of ether oxygens (including phenoxy) is 1. The van der Waals surface area contributed by atoms with E-state index in [9.17, 15) is 26.3 Å². The van der Waals surface area contributed by atoms with E-state index in [-0.39, 0.29) is 36.8 Å². The van der Waals surface area contributed by atoms with Crippen LogP contribution in [0.25, 0.3) is 11.0 Å². The molecule has 1 aliphatic rings. The summed E-state index contributed by atoms with van der Waals surface area (Å²) in [6, 6.07) is 3.43. The standard InChI is InChI=1S/C27H31F6N9O/c1-5-41(15-21-7-6-8-43-21)23-18(11-22-16(2)36-39(3)24(22)34-23)14-42(25-35-38-40(4)37-25)13-17-9-19(26(28,29)30)12-20(10-17)27(31,32)33/h9-12,21H,5-8,13-15H2,1-4H3/t21-/m1/s1. The molecule has 0 unspecified atom stereocenters. The normalized spacial score (nSPS) is 15.9. The highest BCUT2D eigenvalue weighted by Crippen LogP contribution is 2.37. The average molecular weight is 612 g/mol. The fourth-order valence-corrected chi connectivity index (χ4v) is 5.30. The smallest absolute Gasteiger partial charge is 0.376 e. The molecule has 16 heteroatoms. The molecule has 43 heavy (non-hydrogen) atoms. The maximum absolute atomic E-state index is 13.6. The van der Waals surface area contributed by atoms with Gasteiger partial charge in [0.2, 0.25) is 0 Å². The van der Waals surface area contributed by atoms with E-state index >= 15 is 0 Å². The Morgan fingerprint density at radius 3 is 2.21 bits per heavy atom. The maximum Gasteiger partial charge on any atom is 0.416 e. The molecule has 0 radical (unpaired) electrons. The highest BCUT2D eigenvalue weighted by atomic mass is 19.4. The number of tetrazole rings is 1. The molecular formula is C27H31F6N9O. The van der Waals surface area contributed by atoms with Gasteiger partial charge < -0.3 is 14.5 Å². The number of aromatic nitrogens is 7. The molecule has 1 aromatic carbocycles. The predicted molar refractivity (Wildman–Crippen MR) is 145 cm³/mol. The highest BCUT2D eigenvalue weighted by molar-refractivity contribution is 5.81. The third-order valence-corrected chi connectivity index (χ3v) is 7.35. The molecule has 0 saturated carbocycles. The van der Waals surface area contributed by atoms with Crippen LogP contribution in [-0.2, 0) is 44.3 Å². The van der Waals surface area contributed by atoms with Gasteiger partial charge in [-0.05, 0) is 61.7 Å². The van der Waals surface area contributed by atoms with Crippen molar-refractivity contribution >= 4 is 22.8 Å². The van der Waals surface area contributed by atoms with Crippen LogP contribution in [0.4, 0.5) is 38.1 Å². The van der Waals surface area contributed by atoms with Crippen molar-refractivity contribution in [1.29, 1.82) is 0 Å². The molecule has 4 aromatic rings. The van der Waals surface area contributed by atoms with E-state index in [1.807, 2.05) is 19.9 Å². The Morgan fingerprint density at radius 1 is 0.953 bits per heavy atom. The van der Waals surface area contributed by atoms with Gasteiger partial charge in [0, 0.05) is 50.8 Å². The zero-order valence-corrected chi connectivity index (χ0v) is 24.0. The van der Waals surface area contributed by atoms with Crippen molar-refractivity contribution in [2.45, 2.75) is 58.2 Å². The third kappa shape index (κ3) is 6.68. The summed E-state index contributed by atoms with van der Waals surface area (Å²) in [5.41, 5.74) is -0.982. The number of fused-ring (bicyclic) bond motifs is 1. The van der Waals surface area contributed by atoms with Crippen molar-refractivity contribution in [3.05, 3.63) is 52.2 Å². The molecule has 0 N–H and O–H groups in total. The van der Waals surface area contributed by atoms with E-state index < -0.39 is 23.5 Å². The van der Waals surface area contributed by atoms with Gasteiger partial charge in [0.05, 0.1) is 30.0 Å². The fraction of sp³-hybridized carbons (Fsp3) is 0.519. The van der Waals surface area contributed by atoms with Crippen molar-refractivity contribution < 1.29 is 31.1 Å². The lowest BCUT2D eigenvalue weighted by Gasteiger charge is -2.29. The van der Waals surface area contributed by atoms with Crippen LogP contribution in [-0.4, -0.2) is 60.8 Å². The zero-order valence-electron chi connectivity index (χ0n) is 24.0. The summed E-state index contributed by atoms with van der Waals surface area (Å²) in [6.45, 7) is 5.27. The lowest BCUT2D eigenvalue weighted by atomic mass is 10.0. The molecule has 0 spiro atoms. The van der Waals surface area contributed by atoms with E-state index in [0.717, 1.165) is 23.9 Å². The van der Waals surface area contributed by atoms with E-state index in [1.54, 1.807) is 11.7 Å². The number of hydrogen-bond donors (Lipinski definition) is 0. The molecule has 1 atom stereocenters.